The summed E-state index contributed by atoms with van der Waals surface area (Å²) in [4.78, 5) is 34.1. The van der Waals surface area contributed by atoms with Crippen molar-refractivity contribution in [1.82, 2.24) is 25.5 Å². The summed E-state index contributed by atoms with van der Waals surface area (Å²) in [6.07, 6.45) is -4.89. The normalized spacial score (nSPS) is 22.0. The van der Waals surface area contributed by atoms with Gasteiger partial charge in [-0.2, -0.15) is 18.2 Å². The lowest BCUT2D eigenvalue weighted by Gasteiger charge is -2.23. The van der Waals surface area contributed by atoms with Gasteiger partial charge in [0.05, 0.1) is 30.4 Å². The van der Waals surface area contributed by atoms with Crippen molar-refractivity contribution in [2.24, 2.45) is 5.41 Å². The van der Waals surface area contributed by atoms with Crippen LogP contribution in [0, 0.1) is 5.41 Å². The Bertz CT molecular complexity index is 2190. The summed E-state index contributed by atoms with van der Waals surface area (Å²) >= 11 is 7.11. The number of aliphatic hydroxyl groups is 1. The van der Waals surface area contributed by atoms with E-state index in [9.17, 15) is 33.0 Å². The van der Waals surface area contributed by atoms with Gasteiger partial charge in [-0.05, 0) is 61.6 Å². The van der Waals surface area contributed by atoms with Gasteiger partial charge in [0, 0.05) is 60.9 Å². The maximum absolute atomic E-state index is 14.6. The second-order valence-corrected chi connectivity index (χ2v) is 15.4. The van der Waals surface area contributed by atoms with Crippen molar-refractivity contribution in [3.8, 4) is 40.0 Å². The number of likely N-dealkylation sites (tertiary alicyclic amines) is 1. The van der Waals surface area contributed by atoms with Crippen LogP contribution < -0.4 is 24.8 Å². The lowest BCUT2D eigenvalue weighted by Crippen LogP contribution is -2.35. The lowest BCUT2D eigenvalue weighted by atomic mass is 9.90. The molecule has 4 atom stereocenters. The maximum Gasteiger partial charge on any atom is 0.421 e. The number of nitrogens with zero attached hydrogens (tertiary/aromatic N) is 3. The van der Waals surface area contributed by atoms with E-state index < -0.39 is 41.2 Å². The van der Waals surface area contributed by atoms with Gasteiger partial charge in [0.2, 0.25) is 23.5 Å². The number of rotatable bonds is 13. The molecule has 1 aliphatic carbocycles. The second-order valence-electron chi connectivity index (χ2n) is 15.0. The minimum absolute atomic E-state index is 0.0214. The summed E-state index contributed by atoms with van der Waals surface area (Å²) < 4.78 is 60.9. The highest BCUT2D eigenvalue weighted by Crippen LogP contribution is 2.46. The number of hydrogen-bond donors (Lipinski definition) is 4. The molecule has 1 unspecified atom stereocenters. The number of halogens is 4. The van der Waals surface area contributed by atoms with Gasteiger partial charge < -0.3 is 35.1 Å². The van der Waals surface area contributed by atoms with Gasteiger partial charge in [0.15, 0.2) is 0 Å². The molecule has 16 heteroatoms. The Morgan fingerprint density at radius 1 is 1.04 bits per heavy atom. The third-order valence-corrected chi connectivity index (χ3v) is 11.4. The van der Waals surface area contributed by atoms with Crippen LogP contribution >= 0.6 is 11.6 Å². The van der Waals surface area contributed by atoms with E-state index >= 15 is 0 Å². The van der Waals surface area contributed by atoms with Gasteiger partial charge in [0.25, 0.3) is 0 Å². The molecular weight excluding hydrogens is 767 g/mol. The molecule has 2 fully saturated rings. The number of aliphatic hydroxyl groups excluding tert-OH is 1. The SMILES string of the molecule is COc1nc(-c2cccc(-c3cccc4c3CC[C@@H]4Oc3nc(OC)c(CN4CC[C@@](C)(C(=O)O)C4)cc3C(F)(F)F)c2Cl)ccc1CNC[C@@H]1CC(O)C(=O)N1. The fourth-order valence-corrected chi connectivity index (χ4v) is 8.28. The molecule has 0 saturated carbocycles. The summed E-state index contributed by atoms with van der Waals surface area (Å²) in [5.74, 6) is -1.54. The average molecular weight is 810 g/mol. The molecule has 0 bridgehead atoms. The van der Waals surface area contributed by atoms with E-state index in [1.165, 1.54) is 14.2 Å². The highest BCUT2D eigenvalue weighted by Gasteiger charge is 2.42. The van der Waals surface area contributed by atoms with Gasteiger partial charge in [0.1, 0.15) is 17.8 Å². The number of methoxy groups -OCH3 is 2. The molecule has 2 aromatic heterocycles. The number of aromatic nitrogens is 2. The molecule has 302 valence electrons. The van der Waals surface area contributed by atoms with Crippen LogP contribution in [0.2, 0.25) is 5.02 Å². The van der Waals surface area contributed by atoms with Crippen molar-refractivity contribution in [1.29, 1.82) is 0 Å². The van der Waals surface area contributed by atoms with Gasteiger partial charge >= 0.3 is 12.1 Å². The highest BCUT2D eigenvalue weighted by molar-refractivity contribution is 6.36. The minimum Gasteiger partial charge on any atom is -0.481 e. The molecule has 0 spiro atoms. The van der Waals surface area contributed by atoms with Crippen molar-refractivity contribution in [2.45, 2.75) is 70.1 Å². The number of carboxylic acid groups (broad SMARTS) is 1. The number of fused-ring (bicyclic) bond motifs is 1. The molecule has 2 saturated heterocycles. The molecule has 1 amide bonds. The molecule has 4 heterocycles. The highest BCUT2D eigenvalue weighted by atomic mass is 35.5. The number of benzene rings is 2. The van der Waals surface area contributed by atoms with Crippen molar-refractivity contribution in [3.63, 3.8) is 0 Å². The standard InChI is InChI=1S/C41H43ClF3N5O7/c1-40(39(53)54)14-15-50(21-40)20-23-16-30(41(43,44)45)38(49-37(23)56-3)57-33-13-11-26-25(6-4-7-27(26)33)28-8-5-9-29(34(28)42)31-12-10-22(36(48-31)55-2)18-46-19-24-17-32(51)35(52)47-24/h4-10,12,16,24,32-33,46,51H,11,13-15,17-21H2,1-3H3,(H,47,52)(H,53,54)/t24-,32?,33-,40+/m0/s1. The summed E-state index contributed by atoms with van der Waals surface area (Å²) in [5, 5.41) is 25.8. The molecule has 4 N–H and O–H groups in total. The largest absolute Gasteiger partial charge is 0.481 e. The van der Waals surface area contributed by atoms with Crippen molar-refractivity contribution < 1.29 is 47.2 Å². The van der Waals surface area contributed by atoms with Crippen LogP contribution in [0.3, 0.4) is 0 Å². The molecule has 4 aromatic rings. The van der Waals surface area contributed by atoms with E-state index in [1.54, 1.807) is 11.8 Å². The van der Waals surface area contributed by atoms with Gasteiger partial charge in [-0.3, -0.25) is 14.5 Å². The summed E-state index contributed by atoms with van der Waals surface area (Å²) in [6.45, 7) is 3.14. The Kier molecular flexibility index (Phi) is 11.4. The summed E-state index contributed by atoms with van der Waals surface area (Å²) in [5.41, 5.74) is 3.34. The first-order valence-corrected chi connectivity index (χ1v) is 19.0. The van der Waals surface area contributed by atoms with Gasteiger partial charge in [-0.25, -0.2) is 4.98 Å². The fraction of sp³-hybridized carbons (Fsp3) is 0.415. The number of hydrogen-bond acceptors (Lipinski definition) is 10. The number of ether oxygens (including phenoxy) is 3. The van der Waals surface area contributed by atoms with E-state index in [0.29, 0.717) is 67.5 Å². The number of amides is 1. The van der Waals surface area contributed by atoms with E-state index in [-0.39, 0.29) is 36.5 Å². The first-order chi connectivity index (χ1) is 27.2. The molecule has 2 aromatic carbocycles. The number of carboxylic acids is 1. The molecule has 12 nitrogen and oxygen atoms in total. The predicted molar refractivity (Wildman–Crippen MR) is 204 cm³/mol. The first-order valence-electron chi connectivity index (χ1n) is 18.6. The van der Waals surface area contributed by atoms with E-state index in [2.05, 4.69) is 15.6 Å². The van der Waals surface area contributed by atoms with E-state index in [1.807, 2.05) is 48.5 Å². The molecular formula is C41H43ClF3N5O7. The fourth-order valence-electron chi connectivity index (χ4n) is 7.95. The number of nitrogens with one attached hydrogen (secondary N) is 2. The molecule has 7 rings (SSSR count). The van der Waals surface area contributed by atoms with Crippen LogP contribution in [0.4, 0.5) is 13.2 Å². The Hall–Kier alpha value is -4.96. The number of aliphatic carboxylic acids is 1. The average Bonchev–Trinajstić information content (AvgIpc) is 3.87. The van der Waals surface area contributed by atoms with Crippen LogP contribution in [-0.2, 0) is 35.3 Å². The zero-order chi connectivity index (χ0) is 40.6. The molecule has 0 radical (unpaired) electrons. The summed E-state index contributed by atoms with van der Waals surface area (Å²) in [6, 6.07) is 15.7. The first kappa shape index (κ1) is 40.2. The van der Waals surface area contributed by atoms with Crippen molar-refractivity contribution in [3.05, 3.63) is 87.4 Å². The third-order valence-electron chi connectivity index (χ3n) is 11.0. The Labute approximate surface area is 332 Å². The molecule has 3 aliphatic rings. The van der Waals surface area contributed by atoms with Crippen molar-refractivity contribution >= 4 is 23.5 Å². The maximum atomic E-state index is 14.6. The monoisotopic (exact) mass is 809 g/mol. The smallest absolute Gasteiger partial charge is 0.421 e. The van der Waals surface area contributed by atoms with Crippen LogP contribution in [0.1, 0.15) is 60.1 Å². The zero-order valence-electron chi connectivity index (χ0n) is 31.6. The summed E-state index contributed by atoms with van der Waals surface area (Å²) in [7, 11) is 2.85. The molecule has 57 heavy (non-hydrogen) atoms. The van der Waals surface area contributed by atoms with Crippen LogP contribution in [-0.4, -0.2) is 83.0 Å². The zero-order valence-corrected chi connectivity index (χ0v) is 32.3. The lowest BCUT2D eigenvalue weighted by molar-refractivity contribution is -0.147. The van der Waals surface area contributed by atoms with Crippen LogP contribution in [0.25, 0.3) is 22.4 Å². The Morgan fingerprint density at radius 2 is 1.75 bits per heavy atom. The second kappa shape index (κ2) is 16.1. The van der Waals surface area contributed by atoms with E-state index in [0.717, 1.165) is 33.9 Å². The minimum atomic E-state index is -4.79. The van der Waals surface area contributed by atoms with Crippen LogP contribution in [0.5, 0.6) is 17.6 Å². The van der Waals surface area contributed by atoms with Crippen LogP contribution in [0.15, 0.2) is 54.6 Å². The van der Waals surface area contributed by atoms with Crippen molar-refractivity contribution in [2.75, 3.05) is 33.9 Å². The Morgan fingerprint density at radius 3 is 2.44 bits per heavy atom. The third kappa shape index (κ3) is 8.24. The predicted octanol–water partition coefficient (Wildman–Crippen LogP) is 6.20. The Balaban J connectivity index is 1.12. The number of alkyl halides is 3. The van der Waals surface area contributed by atoms with Gasteiger partial charge in [-0.1, -0.05) is 54.1 Å². The van der Waals surface area contributed by atoms with Gasteiger partial charge in [-0.15, -0.1) is 0 Å². The topological polar surface area (TPSA) is 155 Å². The number of pyridine rings is 2. The van der Waals surface area contributed by atoms with E-state index in [4.69, 9.17) is 30.8 Å². The quantitative estimate of drug-likeness (QED) is 0.122. The number of carbonyl (C=O) groups is 2. The molecule has 2 aliphatic heterocycles. The number of carbonyl (C=O) groups excluding carboxylic acids is 1.